The molecule has 0 radical (unpaired) electrons. The van der Waals surface area contributed by atoms with E-state index in [1.165, 1.54) is 40.4 Å². The molecule has 3 aromatic carbocycles. The topological polar surface area (TPSA) is 163 Å². The van der Waals surface area contributed by atoms with Crippen LogP contribution in [-0.2, 0) is 27.3 Å². The van der Waals surface area contributed by atoms with Crippen molar-refractivity contribution < 1.29 is 47.6 Å². The SMILES string of the molecule is COc1ccc2cc1Oc1cccc(OC)c1CNC(=O)[C@@H](C(C)C)NC(=O)CN(C(=O)Cc1cc(OC)c(OC)c(OC)c1)CCCCNC2=O. The zero-order valence-corrected chi connectivity index (χ0v) is 30.8. The molecule has 0 spiro atoms. The number of ether oxygens (including phenoxy) is 6. The lowest BCUT2D eigenvalue weighted by Gasteiger charge is -2.26. The van der Waals surface area contributed by atoms with Crippen LogP contribution >= 0.6 is 0 Å². The van der Waals surface area contributed by atoms with Crippen molar-refractivity contribution in [3.8, 4) is 40.2 Å². The van der Waals surface area contributed by atoms with Crippen LogP contribution in [0.5, 0.6) is 40.2 Å². The van der Waals surface area contributed by atoms with Crippen molar-refractivity contribution in [1.29, 1.82) is 0 Å². The van der Waals surface area contributed by atoms with Gasteiger partial charge in [-0.1, -0.05) is 19.9 Å². The highest BCUT2D eigenvalue weighted by molar-refractivity contribution is 5.95. The number of nitrogens with zero attached hydrogens (tertiary/aromatic N) is 1. The molecule has 0 aromatic heterocycles. The minimum absolute atomic E-state index is 0.000834. The average Bonchev–Trinajstić information content (AvgIpc) is 3.14. The summed E-state index contributed by atoms with van der Waals surface area (Å²) in [4.78, 5) is 55.5. The lowest BCUT2D eigenvalue weighted by atomic mass is 10.0. The van der Waals surface area contributed by atoms with Crippen molar-refractivity contribution in [2.24, 2.45) is 5.92 Å². The Morgan fingerprint density at radius 1 is 0.827 bits per heavy atom. The van der Waals surface area contributed by atoms with Gasteiger partial charge in [-0.3, -0.25) is 19.2 Å². The molecule has 280 valence electrons. The molecule has 3 aromatic rings. The number of rotatable bonds is 8. The van der Waals surface area contributed by atoms with Crippen LogP contribution in [0, 0.1) is 5.92 Å². The summed E-state index contributed by atoms with van der Waals surface area (Å²) in [5.74, 6) is 0.840. The molecule has 4 rings (SSSR count). The Balaban J connectivity index is 1.65. The van der Waals surface area contributed by atoms with Gasteiger partial charge in [0.15, 0.2) is 23.0 Å². The van der Waals surface area contributed by atoms with Crippen LogP contribution in [0.1, 0.15) is 48.2 Å². The number of carbonyl (C=O) groups excluding carboxylic acids is 4. The molecule has 0 saturated carbocycles. The van der Waals surface area contributed by atoms with Gasteiger partial charge in [-0.25, -0.2) is 0 Å². The van der Waals surface area contributed by atoms with Gasteiger partial charge in [-0.05, 0) is 66.8 Å². The minimum atomic E-state index is -0.906. The Kier molecular flexibility index (Phi) is 14.0. The fraction of sp³-hybridized carbons (Fsp3) is 0.421. The van der Waals surface area contributed by atoms with Crippen molar-refractivity contribution in [1.82, 2.24) is 20.9 Å². The minimum Gasteiger partial charge on any atom is -0.496 e. The zero-order valence-electron chi connectivity index (χ0n) is 30.8. The van der Waals surface area contributed by atoms with E-state index in [-0.39, 0.29) is 43.8 Å². The summed E-state index contributed by atoms with van der Waals surface area (Å²) in [6.45, 7) is 3.90. The molecule has 1 heterocycles. The smallest absolute Gasteiger partial charge is 0.251 e. The molecule has 0 saturated heterocycles. The van der Waals surface area contributed by atoms with Gasteiger partial charge in [0.1, 0.15) is 17.5 Å². The summed E-state index contributed by atoms with van der Waals surface area (Å²) in [5.41, 5.74) is 1.47. The van der Waals surface area contributed by atoms with E-state index in [2.05, 4.69) is 16.0 Å². The zero-order chi connectivity index (χ0) is 37.8. The van der Waals surface area contributed by atoms with Gasteiger partial charge in [0, 0.05) is 18.7 Å². The Morgan fingerprint density at radius 3 is 2.15 bits per heavy atom. The van der Waals surface area contributed by atoms with E-state index in [1.807, 2.05) is 13.8 Å². The maximum atomic E-state index is 13.8. The second kappa shape index (κ2) is 18.5. The van der Waals surface area contributed by atoms with Gasteiger partial charge in [-0.15, -0.1) is 0 Å². The lowest BCUT2D eigenvalue weighted by Crippen LogP contribution is -2.52. The number of fused-ring (bicyclic) bond motifs is 3. The molecule has 3 N–H and O–H groups in total. The van der Waals surface area contributed by atoms with E-state index >= 15 is 0 Å². The second-order valence-electron chi connectivity index (χ2n) is 12.4. The van der Waals surface area contributed by atoms with Crippen LogP contribution < -0.4 is 44.4 Å². The molecule has 2 bridgehead atoms. The average molecular weight is 721 g/mol. The Hall–Kier alpha value is -5.66. The van der Waals surface area contributed by atoms with E-state index in [0.29, 0.717) is 76.3 Å². The van der Waals surface area contributed by atoms with Crippen molar-refractivity contribution in [3.63, 3.8) is 0 Å². The number of amides is 4. The molecule has 0 aliphatic carbocycles. The predicted molar refractivity (Wildman–Crippen MR) is 193 cm³/mol. The number of benzene rings is 3. The van der Waals surface area contributed by atoms with E-state index in [1.54, 1.807) is 48.5 Å². The monoisotopic (exact) mass is 720 g/mol. The number of hydrogen-bond donors (Lipinski definition) is 3. The summed E-state index contributed by atoms with van der Waals surface area (Å²) in [7, 11) is 7.47. The quantitative estimate of drug-likeness (QED) is 0.312. The molecule has 1 atom stereocenters. The highest BCUT2D eigenvalue weighted by Gasteiger charge is 2.27. The van der Waals surface area contributed by atoms with E-state index in [0.717, 1.165) is 0 Å². The molecule has 1 aliphatic heterocycles. The summed E-state index contributed by atoms with van der Waals surface area (Å²) in [5, 5.41) is 8.65. The standard InChI is InChI=1S/C38H48N4O10/c1-23(2)35-38(46)40-21-26-27(47-3)11-10-12-28(26)52-30-20-25(13-14-29(30)48-4)37(45)39-15-8-9-16-42(22-33(43)41-35)34(44)19-24-17-31(49-5)36(51-7)32(18-24)50-6/h10-14,17-18,20,23,35H,8-9,15-16,19,21-22H2,1-7H3,(H,39,45)(H,40,46)(H,41,43)/t35-/m1/s1. The third-order valence-electron chi connectivity index (χ3n) is 8.57. The molecule has 0 unspecified atom stereocenters. The summed E-state index contributed by atoms with van der Waals surface area (Å²) < 4.78 is 33.7. The Bertz CT molecular complexity index is 1720. The van der Waals surface area contributed by atoms with E-state index in [9.17, 15) is 19.2 Å². The number of carbonyl (C=O) groups is 4. The normalized spacial score (nSPS) is 16.0. The molecule has 14 nitrogen and oxygen atoms in total. The fourth-order valence-corrected chi connectivity index (χ4v) is 5.78. The van der Waals surface area contributed by atoms with Crippen molar-refractivity contribution in [3.05, 3.63) is 65.2 Å². The Morgan fingerprint density at radius 2 is 1.52 bits per heavy atom. The molecule has 14 heteroatoms. The third kappa shape index (κ3) is 9.77. The van der Waals surface area contributed by atoms with Crippen molar-refractivity contribution >= 4 is 23.6 Å². The van der Waals surface area contributed by atoms with Crippen LogP contribution in [0.2, 0.25) is 0 Å². The summed E-state index contributed by atoms with van der Waals surface area (Å²) in [6, 6.07) is 12.5. The summed E-state index contributed by atoms with van der Waals surface area (Å²) in [6.07, 6.45) is 0.946. The number of hydrogen-bond acceptors (Lipinski definition) is 10. The van der Waals surface area contributed by atoms with Gasteiger partial charge in [-0.2, -0.15) is 0 Å². The van der Waals surface area contributed by atoms with Gasteiger partial charge in [0.25, 0.3) is 5.91 Å². The van der Waals surface area contributed by atoms with Gasteiger partial charge in [0.05, 0.1) is 60.6 Å². The first-order valence-corrected chi connectivity index (χ1v) is 17.0. The van der Waals surface area contributed by atoms with Crippen LogP contribution in [-0.4, -0.2) is 89.8 Å². The number of nitrogens with one attached hydrogen (secondary N) is 3. The molecular weight excluding hydrogens is 672 g/mol. The summed E-state index contributed by atoms with van der Waals surface area (Å²) >= 11 is 0. The van der Waals surface area contributed by atoms with Crippen LogP contribution in [0.15, 0.2) is 48.5 Å². The van der Waals surface area contributed by atoms with E-state index in [4.69, 9.17) is 28.4 Å². The predicted octanol–water partition coefficient (Wildman–Crippen LogP) is 3.87. The maximum Gasteiger partial charge on any atom is 0.251 e. The maximum absolute atomic E-state index is 13.8. The highest BCUT2D eigenvalue weighted by Crippen LogP contribution is 2.39. The van der Waals surface area contributed by atoms with Gasteiger partial charge < -0.3 is 49.3 Å². The molecule has 52 heavy (non-hydrogen) atoms. The van der Waals surface area contributed by atoms with Crippen molar-refractivity contribution in [2.75, 3.05) is 55.2 Å². The van der Waals surface area contributed by atoms with Crippen LogP contribution in [0.25, 0.3) is 0 Å². The largest absolute Gasteiger partial charge is 0.496 e. The molecular formula is C38H48N4O10. The molecule has 0 fully saturated rings. The second-order valence-corrected chi connectivity index (χ2v) is 12.4. The van der Waals surface area contributed by atoms with Gasteiger partial charge >= 0.3 is 0 Å². The van der Waals surface area contributed by atoms with Crippen LogP contribution in [0.4, 0.5) is 0 Å². The van der Waals surface area contributed by atoms with Gasteiger partial charge in [0.2, 0.25) is 23.5 Å². The lowest BCUT2D eigenvalue weighted by molar-refractivity contribution is -0.137. The Labute approximate surface area is 304 Å². The highest BCUT2D eigenvalue weighted by atomic mass is 16.5. The fourth-order valence-electron chi connectivity index (χ4n) is 5.78. The first-order valence-electron chi connectivity index (χ1n) is 17.0. The molecule has 4 amide bonds. The van der Waals surface area contributed by atoms with Crippen LogP contribution in [0.3, 0.4) is 0 Å². The van der Waals surface area contributed by atoms with E-state index < -0.39 is 17.9 Å². The van der Waals surface area contributed by atoms with Crippen molar-refractivity contribution in [2.45, 2.75) is 45.7 Å². The number of methoxy groups -OCH3 is 5. The molecule has 1 aliphatic rings. The third-order valence-corrected chi connectivity index (χ3v) is 8.57. The first-order chi connectivity index (χ1) is 25.0. The first kappa shape index (κ1) is 39.1.